The van der Waals surface area contributed by atoms with Crippen molar-refractivity contribution < 1.29 is 23.4 Å². The summed E-state index contributed by atoms with van der Waals surface area (Å²) in [7, 11) is -3.27. The number of amides is 1. The highest BCUT2D eigenvalue weighted by molar-refractivity contribution is 7.90. The molecule has 7 nitrogen and oxygen atoms in total. The molecule has 0 aromatic heterocycles. The number of benzene rings is 1. The quantitative estimate of drug-likeness (QED) is 0.464. The van der Waals surface area contributed by atoms with Gasteiger partial charge in [-0.1, -0.05) is 26.0 Å². The molecule has 0 fully saturated rings. The van der Waals surface area contributed by atoms with Crippen LogP contribution in [-0.4, -0.2) is 55.6 Å². The van der Waals surface area contributed by atoms with Crippen LogP contribution in [0.25, 0.3) is 0 Å². The number of hydrogen-bond donors (Lipinski definition) is 4. The molecule has 0 radical (unpaired) electrons. The molecule has 1 aromatic rings. The van der Waals surface area contributed by atoms with Crippen LogP contribution >= 0.6 is 12.4 Å². The Balaban J connectivity index is 0.00000625. The SMILES string of the molecule is CC(C)C[C@@H](CO)NC(=O)[C@@H](O)[C@H](N)Cc1ccc(S(C)(=O)=O)cc1.Cl. The van der Waals surface area contributed by atoms with Crippen LogP contribution in [-0.2, 0) is 21.1 Å². The van der Waals surface area contributed by atoms with E-state index in [0.717, 1.165) is 6.26 Å². The fourth-order valence-corrected chi connectivity index (χ4v) is 3.12. The molecule has 1 amide bonds. The zero-order valence-electron chi connectivity index (χ0n) is 15.3. The van der Waals surface area contributed by atoms with E-state index < -0.39 is 33.9 Å². The van der Waals surface area contributed by atoms with Crippen molar-refractivity contribution in [3.05, 3.63) is 29.8 Å². The summed E-state index contributed by atoms with van der Waals surface area (Å²) < 4.78 is 22.9. The lowest BCUT2D eigenvalue weighted by Gasteiger charge is -2.23. The van der Waals surface area contributed by atoms with Gasteiger partial charge in [0.2, 0.25) is 0 Å². The van der Waals surface area contributed by atoms with Crippen molar-refractivity contribution in [1.29, 1.82) is 0 Å². The summed E-state index contributed by atoms with van der Waals surface area (Å²) in [5.41, 5.74) is 6.62. The van der Waals surface area contributed by atoms with E-state index in [1.807, 2.05) is 13.8 Å². The molecule has 26 heavy (non-hydrogen) atoms. The number of carbonyl (C=O) groups is 1. The van der Waals surface area contributed by atoms with Crippen LogP contribution in [0.3, 0.4) is 0 Å². The van der Waals surface area contributed by atoms with E-state index in [1.165, 1.54) is 12.1 Å². The summed E-state index contributed by atoms with van der Waals surface area (Å²) in [5.74, 6) is -0.336. The maximum Gasteiger partial charge on any atom is 0.250 e. The first-order valence-electron chi connectivity index (χ1n) is 8.18. The minimum atomic E-state index is -3.27. The first kappa shape index (κ1) is 24.8. The summed E-state index contributed by atoms with van der Waals surface area (Å²) in [5, 5.41) is 22.0. The van der Waals surface area contributed by atoms with E-state index in [4.69, 9.17) is 5.73 Å². The van der Waals surface area contributed by atoms with E-state index in [1.54, 1.807) is 12.1 Å². The molecule has 0 aliphatic heterocycles. The van der Waals surface area contributed by atoms with E-state index in [2.05, 4.69) is 5.32 Å². The largest absolute Gasteiger partial charge is 0.394 e. The smallest absolute Gasteiger partial charge is 0.250 e. The van der Waals surface area contributed by atoms with Crippen molar-refractivity contribution >= 4 is 28.2 Å². The van der Waals surface area contributed by atoms with Crippen molar-refractivity contribution in [2.45, 2.75) is 49.8 Å². The summed E-state index contributed by atoms with van der Waals surface area (Å²) >= 11 is 0. The van der Waals surface area contributed by atoms with Gasteiger partial charge >= 0.3 is 0 Å². The number of hydrogen-bond acceptors (Lipinski definition) is 6. The van der Waals surface area contributed by atoms with Crippen LogP contribution in [0.2, 0.25) is 0 Å². The molecule has 150 valence electrons. The maximum atomic E-state index is 12.1. The normalized spacial score (nSPS) is 15.0. The van der Waals surface area contributed by atoms with E-state index >= 15 is 0 Å². The number of aliphatic hydroxyl groups is 2. The molecule has 0 saturated heterocycles. The fraction of sp³-hybridized carbons (Fsp3) is 0.588. The average Bonchev–Trinajstić information content (AvgIpc) is 2.52. The van der Waals surface area contributed by atoms with Crippen LogP contribution in [0.5, 0.6) is 0 Å². The topological polar surface area (TPSA) is 130 Å². The Morgan fingerprint density at radius 2 is 1.77 bits per heavy atom. The summed E-state index contributed by atoms with van der Waals surface area (Å²) in [6, 6.07) is 4.88. The number of halogens is 1. The first-order chi connectivity index (χ1) is 11.5. The van der Waals surface area contributed by atoms with Crippen molar-refractivity contribution in [1.82, 2.24) is 5.32 Å². The van der Waals surface area contributed by atoms with Crippen molar-refractivity contribution in [2.75, 3.05) is 12.9 Å². The van der Waals surface area contributed by atoms with Gasteiger partial charge in [-0.05, 0) is 36.5 Å². The second kappa shape index (κ2) is 10.8. The third-order valence-electron chi connectivity index (χ3n) is 3.82. The molecule has 9 heteroatoms. The summed E-state index contributed by atoms with van der Waals surface area (Å²) in [4.78, 5) is 12.3. The Hall–Kier alpha value is -1.19. The predicted molar refractivity (Wildman–Crippen MR) is 103 cm³/mol. The number of sulfone groups is 1. The van der Waals surface area contributed by atoms with Gasteiger partial charge in [-0.2, -0.15) is 0 Å². The average molecular weight is 409 g/mol. The van der Waals surface area contributed by atoms with Gasteiger partial charge in [0.1, 0.15) is 6.10 Å². The highest BCUT2D eigenvalue weighted by Gasteiger charge is 2.25. The molecule has 0 spiro atoms. The summed E-state index contributed by atoms with van der Waals surface area (Å²) in [6.45, 7) is 3.73. The van der Waals surface area contributed by atoms with Gasteiger partial charge in [0.25, 0.3) is 5.91 Å². The molecule has 0 bridgehead atoms. The van der Waals surface area contributed by atoms with Gasteiger partial charge < -0.3 is 21.3 Å². The zero-order chi connectivity index (χ0) is 19.2. The van der Waals surface area contributed by atoms with Gasteiger partial charge in [0, 0.05) is 12.3 Å². The molecule has 5 N–H and O–H groups in total. The van der Waals surface area contributed by atoms with Crippen LogP contribution < -0.4 is 11.1 Å². The molecule has 0 heterocycles. The lowest BCUT2D eigenvalue weighted by atomic mass is 10.0. The van der Waals surface area contributed by atoms with Gasteiger partial charge in [-0.25, -0.2) is 8.42 Å². The van der Waals surface area contributed by atoms with Crippen LogP contribution in [0, 0.1) is 5.92 Å². The molecule has 0 aliphatic carbocycles. The van der Waals surface area contributed by atoms with Crippen LogP contribution in [0.15, 0.2) is 29.2 Å². The van der Waals surface area contributed by atoms with E-state index in [-0.39, 0.29) is 36.2 Å². The lowest BCUT2D eigenvalue weighted by Crippen LogP contribution is -2.51. The van der Waals surface area contributed by atoms with Crippen LogP contribution in [0.1, 0.15) is 25.8 Å². The third-order valence-corrected chi connectivity index (χ3v) is 4.95. The fourth-order valence-electron chi connectivity index (χ4n) is 2.49. The Morgan fingerprint density at radius 3 is 2.19 bits per heavy atom. The molecular formula is C17H29ClN2O5S. The molecule has 0 aliphatic rings. The number of aliphatic hydroxyl groups excluding tert-OH is 2. The Kier molecular flexibility index (Phi) is 10.3. The molecule has 0 unspecified atom stereocenters. The Labute approximate surface area is 161 Å². The molecule has 1 aromatic carbocycles. The van der Waals surface area contributed by atoms with Gasteiger partial charge in [-0.15, -0.1) is 12.4 Å². The van der Waals surface area contributed by atoms with Crippen molar-refractivity contribution in [3.8, 4) is 0 Å². The molecular weight excluding hydrogens is 380 g/mol. The van der Waals surface area contributed by atoms with E-state index in [9.17, 15) is 23.4 Å². The maximum absolute atomic E-state index is 12.1. The Bertz CT molecular complexity index is 664. The third kappa shape index (κ3) is 8.01. The number of rotatable bonds is 9. The van der Waals surface area contributed by atoms with Gasteiger partial charge in [0.05, 0.1) is 17.5 Å². The lowest BCUT2D eigenvalue weighted by molar-refractivity contribution is -0.131. The van der Waals surface area contributed by atoms with E-state index in [0.29, 0.717) is 12.0 Å². The zero-order valence-corrected chi connectivity index (χ0v) is 16.9. The predicted octanol–water partition coefficient (Wildman–Crippen LogP) is 0.266. The van der Waals surface area contributed by atoms with Gasteiger partial charge in [-0.3, -0.25) is 4.79 Å². The number of nitrogens with two attached hydrogens (primary N) is 1. The summed E-state index contributed by atoms with van der Waals surface area (Å²) in [6.07, 6.45) is 0.510. The number of carbonyl (C=O) groups excluding carboxylic acids is 1. The standard InChI is InChI=1S/C17H28N2O5S.ClH/c1-11(2)8-13(10-20)19-17(22)16(21)15(18)9-12-4-6-14(7-5-12)25(3,23)24;/h4-7,11,13,15-16,20-21H,8-10,18H2,1-3H3,(H,19,22);1H/t13-,15+,16-;/m0./s1. The molecule has 3 atom stereocenters. The second-order valence-electron chi connectivity index (χ2n) is 6.75. The highest BCUT2D eigenvalue weighted by atomic mass is 35.5. The van der Waals surface area contributed by atoms with Gasteiger partial charge in [0.15, 0.2) is 9.84 Å². The molecule has 0 saturated carbocycles. The first-order valence-corrected chi connectivity index (χ1v) is 10.1. The monoisotopic (exact) mass is 408 g/mol. The van der Waals surface area contributed by atoms with Crippen molar-refractivity contribution in [3.63, 3.8) is 0 Å². The number of nitrogens with one attached hydrogen (secondary N) is 1. The molecule has 1 rings (SSSR count). The second-order valence-corrected chi connectivity index (χ2v) is 8.76. The Morgan fingerprint density at radius 1 is 1.23 bits per heavy atom. The highest BCUT2D eigenvalue weighted by Crippen LogP contribution is 2.12. The van der Waals surface area contributed by atoms with Crippen molar-refractivity contribution in [2.24, 2.45) is 11.7 Å². The minimum absolute atomic E-state index is 0. The minimum Gasteiger partial charge on any atom is -0.394 e. The van der Waals surface area contributed by atoms with Crippen LogP contribution in [0.4, 0.5) is 0 Å².